The highest BCUT2D eigenvalue weighted by Crippen LogP contribution is 2.25. The summed E-state index contributed by atoms with van der Waals surface area (Å²) < 4.78 is 4.80. The van der Waals surface area contributed by atoms with Crippen LogP contribution in [0.25, 0.3) is 0 Å². The van der Waals surface area contributed by atoms with Gasteiger partial charge in [0.05, 0.1) is 5.38 Å². The van der Waals surface area contributed by atoms with Gasteiger partial charge in [-0.3, -0.25) is 0 Å². The van der Waals surface area contributed by atoms with Crippen molar-refractivity contribution in [1.82, 2.24) is 0 Å². The zero-order chi connectivity index (χ0) is 8.27. The van der Waals surface area contributed by atoms with Gasteiger partial charge in [-0.2, -0.15) is 0 Å². The molecule has 0 aromatic rings. The third kappa shape index (κ3) is 2.88. The largest absolute Gasteiger partial charge is 0.449 e. The fraction of sp³-hybridized carbons (Fsp3) is 0.857. The quantitative estimate of drug-likeness (QED) is 0.477. The Kier molecular flexibility index (Phi) is 3.46. The highest BCUT2D eigenvalue weighted by atomic mass is 35.5. The van der Waals surface area contributed by atoms with Crippen molar-refractivity contribution in [3.8, 4) is 0 Å². The number of halogens is 2. The number of hydrogen-bond donors (Lipinski definition) is 0. The van der Waals surface area contributed by atoms with Crippen LogP contribution in [0.5, 0.6) is 0 Å². The predicted molar refractivity (Wildman–Crippen MR) is 44.2 cm³/mol. The molecule has 0 radical (unpaired) electrons. The predicted octanol–water partition coefficient (Wildman–Crippen LogP) is 2.91. The van der Waals surface area contributed by atoms with Gasteiger partial charge in [0.2, 0.25) is 0 Å². The van der Waals surface area contributed by atoms with Gasteiger partial charge in [-0.25, -0.2) is 4.79 Å². The van der Waals surface area contributed by atoms with Gasteiger partial charge in [-0.05, 0) is 19.3 Å². The molecule has 11 heavy (non-hydrogen) atoms. The molecule has 1 aliphatic rings. The number of carbonyl (C=O) groups is 1. The third-order valence-corrected chi connectivity index (χ3v) is 2.45. The summed E-state index contributed by atoms with van der Waals surface area (Å²) in [5, 5.41) is -0.0496. The Morgan fingerprint density at radius 3 is 2.55 bits per heavy atom. The van der Waals surface area contributed by atoms with E-state index in [1.54, 1.807) is 0 Å². The summed E-state index contributed by atoms with van der Waals surface area (Å²) in [6, 6.07) is 0. The van der Waals surface area contributed by atoms with Gasteiger partial charge in [0.1, 0.15) is 6.10 Å². The molecule has 0 amide bonds. The lowest BCUT2D eigenvalue weighted by molar-refractivity contribution is 0.0982. The molecule has 0 spiro atoms. The molecule has 4 heteroatoms. The van der Waals surface area contributed by atoms with Gasteiger partial charge in [0, 0.05) is 11.6 Å². The van der Waals surface area contributed by atoms with Crippen LogP contribution >= 0.6 is 23.2 Å². The summed E-state index contributed by atoms with van der Waals surface area (Å²) in [4.78, 5) is 10.3. The second-order valence-electron chi connectivity index (χ2n) is 2.69. The van der Waals surface area contributed by atoms with Crippen molar-refractivity contribution in [2.45, 2.75) is 37.2 Å². The summed E-state index contributed by atoms with van der Waals surface area (Å²) in [5.41, 5.74) is -0.748. The first-order chi connectivity index (χ1) is 5.20. The minimum atomic E-state index is -0.748. The fourth-order valence-electron chi connectivity index (χ4n) is 1.30. The Morgan fingerprint density at radius 2 is 2.00 bits per heavy atom. The van der Waals surface area contributed by atoms with Crippen molar-refractivity contribution in [1.29, 1.82) is 0 Å². The smallest absolute Gasteiger partial charge is 0.404 e. The molecule has 0 heterocycles. The zero-order valence-corrected chi connectivity index (χ0v) is 7.57. The molecule has 1 rings (SSSR count). The topological polar surface area (TPSA) is 26.3 Å². The molecular weight excluding hydrogens is 187 g/mol. The number of hydrogen-bond acceptors (Lipinski definition) is 2. The monoisotopic (exact) mass is 196 g/mol. The van der Waals surface area contributed by atoms with Gasteiger partial charge < -0.3 is 4.74 Å². The second-order valence-corrected chi connectivity index (χ2v) is 3.56. The molecule has 1 saturated carbocycles. The van der Waals surface area contributed by atoms with Crippen molar-refractivity contribution in [2.24, 2.45) is 0 Å². The molecule has 0 saturated heterocycles. The van der Waals surface area contributed by atoms with E-state index in [4.69, 9.17) is 27.9 Å². The lowest BCUT2D eigenvalue weighted by Gasteiger charge is -2.25. The van der Waals surface area contributed by atoms with Crippen molar-refractivity contribution in [3.05, 3.63) is 0 Å². The lowest BCUT2D eigenvalue weighted by Crippen LogP contribution is -2.28. The van der Waals surface area contributed by atoms with Crippen LogP contribution in [0.3, 0.4) is 0 Å². The Balaban J connectivity index is 2.35. The van der Waals surface area contributed by atoms with Gasteiger partial charge in [-0.1, -0.05) is 6.42 Å². The summed E-state index contributed by atoms with van der Waals surface area (Å²) in [6.45, 7) is 0. The van der Waals surface area contributed by atoms with Crippen LogP contribution in [0.15, 0.2) is 0 Å². The molecule has 1 aliphatic carbocycles. The zero-order valence-electron chi connectivity index (χ0n) is 6.06. The van der Waals surface area contributed by atoms with E-state index in [2.05, 4.69) is 0 Å². The Labute approximate surface area is 75.8 Å². The lowest BCUT2D eigenvalue weighted by atomic mass is 9.97. The van der Waals surface area contributed by atoms with E-state index < -0.39 is 5.43 Å². The van der Waals surface area contributed by atoms with Gasteiger partial charge in [-0.15, -0.1) is 11.6 Å². The van der Waals surface area contributed by atoms with Crippen LogP contribution in [0.1, 0.15) is 25.7 Å². The maximum absolute atomic E-state index is 10.3. The summed E-state index contributed by atoms with van der Waals surface area (Å²) in [5.74, 6) is 0. The van der Waals surface area contributed by atoms with E-state index in [9.17, 15) is 4.79 Å². The summed E-state index contributed by atoms with van der Waals surface area (Å²) >= 11 is 10.9. The third-order valence-electron chi connectivity index (χ3n) is 1.87. The van der Waals surface area contributed by atoms with Gasteiger partial charge in [0.25, 0.3) is 0 Å². The van der Waals surface area contributed by atoms with Crippen molar-refractivity contribution in [3.63, 3.8) is 0 Å². The Hall–Kier alpha value is 0.0500. The number of ether oxygens (including phenoxy) is 1. The number of alkyl halides is 1. The minimum Gasteiger partial charge on any atom is -0.449 e. The van der Waals surface area contributed by atoms with E-state index in [0.717, 1.165) is 25.7 Å². The highest BCUT2D eigenvalue weighted by Gasteiger charge is 2.25. The maximum atomic E-state index is 10.3. The average molecular weight is 197 g/mol. The molecule has 2 nitrogen and oxygen atoms in total. The van der Waals surface area contributed by atoms with E-state index in [1.807, 2.05) is 0 Å². The van der Waals surface area contributed by atoms with Crippen LogP contribution in [0.2, 0.25) is 0 Å². The maximum Gasteiger partial charge on any atom is 0.404 e. The van der Waals surface area contributed by atoms with Gasteiger partial charge in [0.15, 0.2) is 0 Å². The minimum absolute atomic E-state index is 0.0496. The molecule has 0 aromatic carbocycles. The first kappa shape index (κ1) is 9.14. The second kappa shape index (κ2) is 4.17. The molecule has 0 aromatic heterocycles. The molecule has 2 unspecified atom stereocenters. The molecular formula is C7H10Cl2O2. The molecule has 2 atom stereocenters. The molecule has 1 fully saturated rings. The molecule has 0 aliphatic heterocycles. The Morgan fingerprint density at radius 1 is 1.36 bits per heavy atom. The van der Waals surface area contributed by atoms with Crippen LogP contribution in [-0.4, -0.2) is 16.9 Å². The SMILES string of the molecule is O=C(Cl)OC1CCCCC1Cl. The standard InChI is InChI=1S/C7H10Cl2O2/c8-5-3-1-2-4-6(5)11-7(9)10/h5-6H,1-4H2. The summed E-state index contributed by atoms with van der Waals surface area (Å²) in [6.07, 6.45) is 3.77. The first-order valence-electron chi connectivity index (χ1n) is 3.70. The molecule has 0 bridgehead atoms. The van der Waals surface area contributed by atoms with Crippen LogP contribution in [0, 0.1) is 0 Å². The average Bonchev–Trinajstić information content (AvgIpc) is 1.93. The molecule has 0 N–H and O–H groups in total. The van der Waals surface area contributed by atoms with E-state index in [-0.39, 0.29) is 11.5 Å². The van der Waals surface area contributed by atoms with Crippen molar-refractivity contribution in [2.75, 3.05) is 0 Å². The van der Waals surface area contributed by atoms with Crippen molar-refractivity contribution < 1.29 is 9.53 Å². The van der Waals surface area contributed by atoms with Gasteiger partial charge >= 0.3 is 5.43 Å². The number of carbonyl (C=O) groups excluding carboxylic acids is 1. The van der Waals surface area contributed by atoms with E-state index >= 15 is 0 Å². The van der Waals surface area contributed by atoms with Crippen LogP contribution in [0.4, 0.5) is 4.79 Å². The first-order valence-corrected chi connectivity index (χ1v) is 4.52. The summed E-state index contributed by atoms with van der Waals surface area (Å²) in [7, 11) is 0. The van der Waals surface area contributed by atoms with E-state index in [0.29, 0.717) is 0 Å². The van der Waals surface area contributed by atoms with Crippen LogP contribution in [-0.2, 0) is 4.74 Å². The molecule has 64 valence electrons. The fourth-order valence-corrected chi connectivity index (χ4v) is 1.75. The number of rotatable bonds is 1. The Bertz CT molecular complexity index is 149. The highest BCUT2D eigenvalue weighted by molar-refractivity contribution is 6.61. The normalized spacial score (nSPS) is 31.5. The van der Waals surface area contributed by atoms with E-state index in [1.165, 1.54) is 0 Å². The van der Waals surface area contributed by atoms with Crippen molar-refractivity contribution >= 4 is 28.6 Å². The van der Waals surface area contributed by atoms with Crippen LogP contribution < -0.4 is 0 Å².